The standard InChI is InChI=1S/C21H34O3/c1-13-14-6-7-16-19(2)9-5-10-20(3,18(23)24-4)15(19)8-11-21(16,12-14)17(13)22/h13-17,22H,5-12H2,1-4H3/t13-,14+,15-,16-,17+,19+,20+,21+/m0/s1. The first-order valence-electron chi connectivity index (χ1n) is 10.1. The maximum absolute atomic E-state index is 12.6. The number of ether oxygens (including phenoxy) is 1. The number of esters is 1. The van der Waals surface area contributed by atoms with Crippen molar-refractivity contribution in [3.63, 3.8) is 0 Å². The van der Waals surface area contributed by atoms with Crippen molar-refractivity contribution >= 4 is 5.97 Å². The number of fused-ring (bicyclic) bond motifs is 3. The molecular formula is C21H34O3. The van der Waals surface area contributed by atoms with Crippen molar-refractivity contribution in [3.8, 4) is 0 Å². The Balaban J connectivity index is 1.74. The van der Waals surface area contributed by atoms with Crippen molar-refractivity contribution in [1.82, 2.24) is 0 Å². The van der Waals surface area contributed by atoms with Gasteiger partial charge in [-0.1, -0.05) is 20.3 Å². The molecule has 4 aliphatic carbocycles. The van der Waals surface area contributed by atoms with Crippen LogP contribution in [0.25, 0.3) is 0 Å². The lowest BCUT2D eigenvalue weighted by molar-refractivity contribution is -0.193. The lowest BCUT2D eigenvalue weighted by Crippen LogP contribution is -2.60. The van der Waals surface area contributed by atoms with E-state index in [2.05, 4.69) is 20.8 Å². The molecular weight excluding hydrogens is 300 g/mol. The molecule has 2 bridgehead atoms. The van der Waals surface area contributed by atoms with Crippen LogP contribution in [0, 0.1) is 39.9 Å². The van der Waals surface area contributed by atoms with Gasteiger partial charge < -0.3 is 9.84 Å². The molecule has 4 fully saturated rings. The van der Waals surface area contributed by atoms with Crippen LogP contribution in [0.15, 0.2) is 0 Å². The topological polar surface area (TPSA) is 46.5 Å². The Morgan fingerprint density at radius 3 is 2.54 bits per heavy atom. The second kappa shape index (κ2) is 5.22. The molecule has 0 radical (unpaired) electrons. The molecule has 0 heterocycles. The van der Waals surface area contributed by atoms with Crippen LogP contribution in [0.4, 0.5) is 0 Å². The van der Waals surface area contributed by atoms with Crippen LogP contribution in [0.2, 0.25) is 0 Å². The number of carbonyl (C=O) groups is 1. The fourth-order valence-electron chi connectivity index (χ4n) is 8.24. The molecule has 0 saturated heterocycles. The molecule has 1 spiro atoms. The molecule has 0 unspecified atom stereocenters. The summed E-state index contributed by atoms with van der Waals surface area (Å²) in [5.41, 5.74) is -0.0349. The number of aliphatic hydroxyl groups is 1. The van der Waals surface area contributed by atoms with E-state index in [-0.39, 0.29) is 28.3 Å². The largest absolute Gasteiger partial charge is 0.469 e. The summed E-state index contributed by atoms with van der Waals surface area (Å²) in [5, 5.41) is 11.2. The van der Waals surface area contributed by atoms with E-state index >= 15 is 0 Å². The Morgan fingerprint density at radius 2 is 1.83 bits per heavy atom. The molecule has 0 aromatic carbocycles. The lowest BCUT2D eigenvalue weighted by Gasteiger charge is -2.64. The van der Waals surface area contributed by atoms with Gasteiger partial charge in [-0.05, 0) is 81.0 Å². The molecule has 3 nitrogen and oxygen atoms in total. The maximum atomic E-state index is 12.6. The fraction of sp³-hybridized carbons (Fsp3) is 0.952. The molecule has 0 aromatic heterocycles. The van der Waals surface area contributed by atoms with Crippen molar-refractivity contribution in [1.29, 1.82) is 0 Å². The van der Waals surface area contributed by atoms with Crippen molar-refractivity contribution in [2.24, 2.45) is 39.9 Å². The van der Waals surface area contributed by atoms with Gasteiger partial charge in [0.25, 0.3) is 0 Å². The number of methoxy groups -OCH3 is 1. The van der Waals surface area contributed by atoms with Gasteiger partial charge in [0.05, 0.1) is 18.6 Å². The second-order valence-electron chi connectivity index (χ2n) is 9.99. The highest BCUT2D eigenvalue weighted by molar-refractivity contribution is 5.77. The molecule has 4 aliphatic rings. The minimum atomic E-state index is -0.338. The smallest absolute Gasteiger partial charge is 0.311 e. The number of aliphatic hydroxyl groups excluding tert-OH is 1. The van der Waals surface area contributed by atoms with Crippen molar-refractivity contribution in [2.75, 3.05) is 7.11 Å². The van der Waals surface area contributed by atoms with Crippen molar-refractivity contribution in [2.45, 2.75) is 78.2 Å². The maximum Gasteiger partial charge on any atom is 0.311 e. The number of hydrogen-bond acceptors (Lipinski definition) is 3. The van der Waals surface area contributed by atoms with E-state index < -0.39 is 0 Å². The first-order chi connectivity index (χ1) is 11.3. The fourth-order valence-corrected chi connectivity index (χ4v) is 8.24. The molecule has 24 heavy (non-hydrogen) atoms. The Kier molecular flexibility index (Phi) is 3.67. The van der Waals surface area contributed by atoms with Crippen LogP contribution in [0.3, 0.4) is 0 Å². The third-order valence-electron chi connectivity index (χ3n) is 9.32. The Hall–Kier alpha value is -0.570. The quantitative estimate of drug-likeness (QED) is 0.732. The third kappa shape index (κ3) is 1.86. The summed E-state index contributed by atoms with van der Waals surface area (Å²) in [6.07, 6.45) is 9.06. The summed E-state index contributed by atoms with van der Waals surface area (Å²) in [6, 6.07) is 0. The minimum absolute atomic E-state index is 0.0107. The average molecular weight is 334 g/mol. The van der Waals surface area contributed by atoms with E-state index in [9.17, 15) is 9.90 Å². The van der Waals surface area contributed by atoms with Gasteiger partial charge >= 0.3 is 5.97 Å². The molecule has 3 heteroatoms. The molecule has 4 saturated carbocycles. The number of carbonyl (C=O) groups excluding carboxylic acids is 1. The van der Waals surface area contributed by atoms with Crippen LogP contribution in [-0.2, 0) is 9.53 Å². The van der Waals surface area contributed by atoms with Crippen LogP contribution in [-0.4, -0.2) is 24.3 Å². The Morgan fingerprint density at radius 1 is 1.08 bits per heavy atom. The summed E-state index contributed by atoms with van der Waals surface area (Å²) >= 11 is 0. The molecule has 8 atom stereocenters. The molecule has 4 rings (SSSR count). The van der Waals surface area contributed by atoms with Gasteiger partial charge in [0.1, 0.15) is 0 Å². The van der Waals surface area contributed by atoms with Crippen molar-refractivity contribution < 1.29 is 14.6 Å². The first-order valence-corrected chi connectivity index (χ1v) is 10.1. The van der Waals surface area contributed by atoms with E-state index in [0.29, 0.717) is 23.7 Å². The molecule has 1 N–H and O–H groups in total. The van der Waals surface area contributed by atoms with Crippen LogP contribution < -0.4 is 0 Å². The number of hydrogen-bond donors (Lipinski definition) is 1. The average Bonchev–Trinajstić information content (AvgIpc) is 2.74. The van der Waals surface area contributed by atoms with Gasteiger partial charge in [-0.2, -0.15) is 0 Å². The lowest BCUT2D eigenvalue weighted by atomic mass is 9.40. The summed E-state index contributed by atoms with van der Waals surface area (Å²) in [6.45, 7) is 6.86. The zero-order valence-corrected chi connectivity index (χ0v) is 15.8. The van der Waals surface area contributed by atoms with E-state index in [1.807, 2.05) is 0 Å². The monoisotopic (exact) mass is 334 g/mol. The van der Waals surface area contributed by atoms with Crippen LogP contribution >= 0.6 is 0 Å². The predicted octanol–water partition coefficient (Wildman–Crippen LogP) is 4.18. The first kappa shape index (κ1) is 16.9. The highest BCUT2D eigenvalue weighted by Gasteiger charge is 2.68. The number of rotatable bonds is 1. The van der Waals surface area contributed by atoms with E-state index in [4.69, 9.17) is 4.74 Å². The summed E-state index contributed by atoms with van der Waals surface area (Å²) < 4.78 is 5.23. The predicted molar refractivity (Wildman–Crippen MR) is 93.2 cm³/mol. The molecule has 0 amide bonds. The van der Waals surface area contributed by atoms with E-state index in [1.165, 1.54) is 32.8 Å². The third-order valence-corrected chi connectivity index (χ3v) is 9.32. The summed E-state index contributed by atoms with van der Waals surface area (Å²) in [7, 11) is 1.54. The summed E-state index contributed by atoms with van der Waals surface area (Å²) in [4.78, 5) is 12.6. The highest BCUT2D eigenvalue weighted by Crippen LogP contribution is 2.72. The Bertz CT molecular complexity index is 545. The van der Waals surface area contributed by atoms with Crippen LogP contribution in [0.5, 0.6) is 0 Å². The van der Waals surface area contributed by atoms with Gasteiger partial charge in [0, 0.05) is 5.41 Å². The molecule has 0 aromatic rings. The zero-order chi connectivity index (χ0) is 17.3. The zero-order valence-electron chi connectivity index (χ0n) is 15.8. The van der Waals surface area contributed by atoms with Gasteiger partial charge in [0.2, 0.25) is 0 Å². The van der Waals surface area contributed by atoms with Gasteiger partial charge in [-0.3, -0.25) is 4.79 Å². The molecule has 0 aliphatic heterocycles. The Labute approximate surface area is 146 Å². The van der Waals surface area contributed by atoms with Gasteiger partial charge in [-0.15, -0.1) is 0 Å². The van der Waals surface area contributed by atoms with E-state index in [0.717, 1.165) is 25.7 Å². The highest BCUT2D eigenvalue weighted by atomic mass is 16.5. The van der Waals surface area contributed by atoms with Crippen molar-refractivity contribution in [3.05, 3.63) is 0 Å². The van der Waals surface area contributed by atoms with Gasteiger partial charge in [-0.25, -0.2) is 0 Å². The SMILES string of the molecule is COC(=O)[C@]1(C)CCC[C@@]2(C)[C@@H]3CC[C@@H]4C[C@@]3(CC[C@@H]21)[C@H](O)[C@H]4C. The minimum Gasteiger partial charge on any atom is -0.469 e. The van der Waals surface area contributed by atoms with Gasteiger partial charge in [0.15, 0.2) is 0 Å². The second-order valence-corrected chi connectivity index (χ2v) is 9.99. The van der Waals surface area contributed by atoms with E-state index in [1.54, 1.807) is 0 Å². The summed E-state index contributed by atoms with van der Waals surface area (Å²) in [5.74, 6) is 2.13. The molecule has 136 valence electrons. The normalized spacial score (nSPS) is 56.3. The van der Waals surface area contributed by atoms with Crippen LogP contribution in [0.1, 0.15) is 72.1 Å².